The second kappa shape index (κ2) is 10.2. The summed E-state index contributed by atoms with van der Waals surface area (Å²) < 4.78 is 16.3. The van der Waals surface area contributed by atoms with Crippen molar-refractivity contribution < 1.29 is 4.39 Å². The molecule has 0 spiro atoms. The molecule has 0 aliphatic carbocycles. The van der Waals surface area contributed by atoms with Gasteiger partial charge >= 0.3 is 0 Å². The summed E-state index contributed by atoms with van der Waals surface area (Å²) in [5, 5.41) is 1.21. The van der Waals surface area contributed by atoms with E-state index >= 15 is 0 Å². The average molecular weight is 498 g/mol. The molecule has 5 heteroatoms. The number of anilines is 1. The molecule has 0 N–H and O–H groups in total. The first-order chi connectivity index (χ1) is 17.2. The average Bonchev–Trinajstić information content (AvgIpc) is 3.15. The van der Waals surface area contributed by atoms with Crippen LogP contribution in [0.15, 0.2) is 91.1 Å². The molecule has 3 aromatic carbocycles. The minimum atomic E-state index is -0.199. The van der Waals surface area contributed by atoms with Gasteiger partial charge in [-0.25, -0.2) is 9.37 Å². The Morgan fingerprint density at radius 1 is 0.861 bits per heavy atom. The van der Waals surface area contributed by atoms with Crippen molar-refractivity contribution in [3.05, 3.63) is 130 Å². The zero-order valence-electron chi connectivity index (χ0n) is 20.3. The number of hydrogen-bond acceptors (Lipinski definition) is 2. The number of nitrogens with zero attached hydrogens (tertiary/aromatic N) is 3. The summed E-state index contributed by atoms with van der Waals surface area (Å²) >= 11 is 0. The summed E-state index contributed by atoms with van der Waals surface area (Å²) in [5.74, 6) is 0.847. The van der Waals surface area contributed by atoms with Crippen LogP contribution in [0.1, 0.15) is 33.5 Å². The van der Waals surface area contributed by atoms with E-state index < -0.39 is 0 Å². The van der Waals surface area contributed by atoms with Gasteiger partial charge in [0.25, 0.3) is 0 Å². The Labute approximate surface area is 217 Å². The van der Waals surface area contributed by atoms with Gasteiger partial charge in [0.2, 0.25) is 0 Å². The highest BCUT2D eigenvalue weighted by atomic mass is 35.5. The lowest BCUT2D eigenvalue weighted by Crippen LogP contribution is -2.31. The van der Waals surface area contributed by atoms with Gasteiger partial charge in [-0.1, -0.05) is 66.7 Å². The van der Waals surface area contributed by atoms with Crippen LogP contribution in [0.5, 0.6) is 0 Å². The van der Waals surface area contributed by atoms with Gasteiger partial charge in [0.15, 0.2) is 0 Å². The molecule has 6 rings (SSSR count). The number of fused-ring (bicyclic) bond motifs is 2. The van der Waals surface area contributed by atoms with E-state index in [0.29, 0.717) is 6.54 Å². The monoisotopic (exact) mass is 497 g/mol. The topological polar surface area (TPSA) is 21.1 Å². The molecule has 0 unspecified atom stereocenters. The quantitative estimate of drug-likeness (QED) is 0.258. The number of hydrogen-bond donors (Lipinski definition) is 0. The minimum Gasteiger partial charge on any atom is -0.351 e. The van der Waals surface area contributed by atoms with Crippen LogP contribution >= 0.6 is 12.4 Å². The van der Waals surface area contributed by atoms with E-state index in [-0.39, 0.29) is 18.2 Å². The minimum absolute atomic E-state index is 0. The number of aromatic nitrogens is 2. The SMILES string of the molecule is Cc1c(Cc2ccccc2)c2c(N3CCc4ccccc4C3)nccc2n1Cc1cccc(F)c1.Cl. The first-order valence-electron chi connectivity index (χ1n) is 12.2. The maximum atomic E-state index is 14.0. The summed E-state index contributed by atoms with van der Waals surface area (Å²) in [6.07, 6.45) is 3.78. The molecule has 182 valence electrons. The molecular weight excluding hydrogens is 469 g/mol. The molecule has 0 fully saturated rings. The van der Waals surface area contributed by atoms with Crippen molar-refractivity contribution in [3.8, 4) is 0 Å². The van der Waals surface area contributed by atoms with Crippen molar-refractivity contribution in [3.63, 3.8) is 0 Å². The Hall–Kier alpha value is -3.63. The number of rotatable bonds is 5. The van der Waals surface area contributed by atoms with Gasteiger partial charge in [0, 0.05) is 36.9 Å². The van der Waals surface area contributed by atoms with Crippen molar-refractivity contribution in [1.29, 1.82) is 0 Å². The first kappa shape index (κ1) is 24.1. The van der Waals surface area contributed by atoms with E-state index in [2.05, 4.69) is 77.1 Å². The maximum Gasteiger partial charge on any atom is 0.138 e. The van der Waals surface area contributed by atoms with Crippen LogP contribution in [-0.4, -0.2) is 16.1 Å². The van der Waals surface area contributed by atoms with E-state index in [1.807, 2.05) is 12.3 Å². The Bertz CT molecular complexity index is 1510. The van der Waals surface area contributed by atoms with E-state index in [1.165, 1.54) is 39.4 Å². The fraction of sp³-hybridized carbons (Fsp3) is 0.194. The van der Waals surface area contributed by atoms with Crippen molar-refractivity contribution in [2.45, 2.75) is 32.9 Å². The molecule has 0 saturated heterocycles. The molecule has 0 radical (unpaired) electrons. The molecule has 1 aliphatic heterocycles. The molecule has 0 saturated carbocycles. The summed E-state index contributed by atoms with van der Waals surface area (Å²) in [6.45, 7) is 4.62. The molecule has 1 aliphatic rings. The highest BCUT2D eigenvalue weighted by Gasteiger charge is 2.24. The normalized spacial score (nSPS) is 12.9. The number of pyridine rings is 1. The highest BCUT2D eigenvalue weighted by Crippen LogP contribution is 2.36. The Balaban J connectivity index is 0.00000267. The zero-order chi connectivity index (χ0) is 23.8. The third kappa shape index (κ3) is 4.49. The summed E-state index contributed by atoms with van der Waals surface area (Å²) in [7, 11) is 0. The van der Waals surface area contributed by atoms with E-state index in [0.717, 1.165) is 42.8 Å². The van der Waals surface area contributed by atoms with Crippen LogP contribution in [0.3, 0.4) is 0 Å². The Morgan fingerprint density at radius 2 is 1.61 bits per heavy atom. The number of benzene rings is 3. The molecule has 3 heterocycles. The summed E-state index contributed by atoms with van der Waals surface area (Å²) in [4.78, 5) is 7.36. The third-order valence-corrected chi connectivity index (χ3v) is 7.23. The van der Waals surface area contributed by atoms with Crippen LogP contribution < -0.4 is 4.90 Å². The maximum absolute atomic E-state index is 14.0. The largest absolute Gasteiger partial charge is 0.351 e. The van der Waals surface area contributed by atoms with Gasteiger partial charge in [-0.3, -0.25) is 0 Å². The van der Waals surface area contributed by atoms with Crippen molar-refractivity contribution >= 4 is 29.1 Å². The fourth-order valence-electron chi connectivity index (χ4n) is 5.43. The smallest absolute Gasteiger partial charge is 0.138 e. The molecular formula is C31H29ClFN3. The standard InChI is InChI=1S/C31H28FN3.ClH/c1-22-28(19-23-8-3-2-4-9-23)30-29(35(22)20-24-10-7-13-27(32)18-24)14-16-33-31(30)34-17-15-25-11-5-6-12-26(25)21-34;/h2-14,16,18H,15,17,19-21H2,1H3;1H. The van der Waals surface area contributed by atoms with E-state index in [9.17, 15) is 4.39 Å². The van der Waals surface area contributed by atoms with Crippen LogP contribution in [0.2, 0.25) is 0 Å². The predicted octanol–water partition coefficient (Wildman–Crippen LogP) is 7.11. The molecule has 36 heavy (non-hydrogen) atoms. The lowest BCUT2D eigenvalue weighted by Gasteiger charge is -2.30. The Morgan fingerprint density at radius 3 is 2.42 bits per heavy atom. The van der Waals surface area contributed by atoms with E-state index in [1.54, 1.807) is 12.1 Å². The van der Waals surface area contributed by atoms with Gasteiger partial charge < -0.3 is 9.47 Å². The fourth-order valence-corrected chi connectivity index (χ4v) is 5.43. The first-order valence-corrected chi connectivity index (χ1v) is 12.2. The van der Waals surface area contributed by atoms with Crippen LogP contribution in [-0.2, 0) is 25.9 Å². The van der Waals surface area contributed by atoms with Gasteiger partial charge in [-0.2, -0.15) is 0 Å². The van der Waals surface area contributed by atoms with Gasteiger partial charge in [-0.15, -0.1) is 12.4 Å². The van der Waals surface area contributed by atoms with Crippen molar-refractivity contribution in [2.75, 3.05) is 11.4 Å². The van der Waals surface area contributed by atoms with Crippen molar-refractivity contribution in [1.82, 2.24) is 9.55 Å². The van der Waals surface area contributed by atoms with Crippen LogP contribution in [0, 0.1) is 12.7 Å². The van der Waals surface area contributed by atoms with Crippen LogP contribution in [0.25, 0.3) is 10.9 Å². The van der Waals surface area contributed by atoms with Gasteiger partial charge in [0.1, 0.15) is 11.6 Å². The van der Waals surface area contributed by atoms with Gasteiger partial charge in [0.05, 0.1) is 5.52 Å². The zero-order valence-corrected chi connectivity index (χ0v) is 21.1. The molecule has 0 bridgehead atoms. The van der Waals surface area contributed by atoms with Gasteiger partial charge in [-0.05, 0) is 65.8 Å². The molecule has 0 amide bonds. The Kier molecular flexibility index (Phi) is 6.80. The second-order valence-corrected chi connectivity index (χ2v) is 9.41. The van der Waals surface area contributed by atoms with Crippen molar-refractivity contribution in [2.24, 2.45) is 0 Å². The predicted molar refractivity (Wildman–Crippen MR) is 148 cm³/mol. The molecule has 2 aromatic heterocycles. The highest BCUT2D eigenvalue weighted by molar-refractivity contribution is 5.95. The third-order valence-electron chi connectivity index (χ3n) is 7.23. The molecule has 0 atom stereocenters. The molecule has 3 nitrogen and oxygen atoms in total. The van der Waals surface area contributed by atoms with Crippen LogP contribution in [0.4, 0.5) is 10.2 Å². The lowest BCUT2D eigenvalue weighted by atomic mass is 9.98. The van der Waals surface area contributed by atoms with E-state index in [4.69, 9.17) is 4.98 Å². The summed E-state index contributed by atoms with van der Waals surface area (Å²) in [5.41, 5.74) is 8.70. The molecule has 5 aromatic rings. The second-order valence-electron chi connectivity index (χ2n) is 9.41. The lowest BCUT2D eigenvalue weighted by molar-refractivity contribution is 0.623. The summed E-state index contributed by atoms with van der Waals surface area (Å²) in [6, 6.07) is 28.3. The number of halogens is 2.